The van der Waals surface area contributed by atoms with Crippen molar-refractivity contribution in [3.63, 3.8) is 0 Å². The van der Waals surface area contributed by atoms with E-state index < -0.39 is 0 Å². The Kier molecular flexibility index (Phi) is 7.66. The molecule has 1 aromatic rings. The van der Waals surface area contributed by atoms with E-state index in [0.29, 0.717) is 6.04 Å². The first-order chi connectivity index (χ1) is 9.06. The summed E-state index contributed by atoms with van der Waals surface area (Å²) in [6.07, 6.45) is 1.15. The minimum absolute atomic E-state index is 0.439. The summed E-state index contributed by atoms with van der Waals surface area (Å²) in [6, 6.07) is 9.07. The average Bonchev–Trinajstić information content (AvgIpc) is 2.39. The third-order valence-electron chi connectivity index (χ3n) is 3.43. The SMILES string of the molecule is CCN(CCC(NC)c1ccc(Br)cc1)CC(C)C. The van der Waals surface area contributed by atoms with Crippen LogP contribution < -0.4 is 5.32 Å². The normalized spacial score (nSPS) is 13.2. The second kappa shape index (κ2) is 8.72. The summed E-state index contributed by atoms with van der Waals surface area (Å²) in [7, 11) is 2.05. The standard InChI is InChI=1S/C16H27BrN2/c1-5-19(12-13(2)3)11-10-16(18-4)14-6-8-15(17)9-7-14/h6-9,13,16,18H,5,10-12H2,1-4H3. The zero-order chi connectivity index (χ0) is 14.3. The maximum Gasteiger partial charge on any atom is 0.0329 e. The van der Waals surface area contributed by atoms with Gasteiger partial charge in [-0.15, -0.1) is 0 Å². The molecular formula is C16H27BrN2. The van der Waals surface area contributed by atoms with E-state index in [0.717, 1.165) is 29.9 Å². The Labute approximate surface area is 126 Å². The van der Waals surface area contributed by atoms with Crippen molar-refractivity contribution in [2.24, 2.45) is 5.92 Å². The van der Waals surface area contributed by atoms with Crippen LogP contribution in [0.5, 0.6) is 0 Å². The largest absolute Gasteiger partial charge is 0.313 e. The Morgan fingerprint density at radius 1 is 1.21 bits per heavy atom. The van der Waals surface area contributed by atoms with E-state index in [-0.39, 0.29) is 0 Å². The Hall–Kier alpha value is -0.380. The molecule has 0 fully saturated rings. The molecule has 1 rings (SSSR count). The van der Waals surface area contributed by atoms with Crippen molar-refractivity contribution < 1.29 is 0 Å². The maximum absolute atomic E-state index is 3.49. The molecule has 0 heterocycles. The minimum atomic E-state index is 0.439. The highest BCUT2D eigenvalue weighted by Crippen LogP contribution is 2.19. The van der Waals surface area contributed by atoms with Crippen molar-refractivity contribution in [1.29, 1.82) is 0 Å². The van der Waals surface area contributed by atoms with Crippen LogP contribution >= 0.6 is 15.9 Å². The first-order valence-corrected chi connectivity index (χ1v) is 8.01. The number of halogens is 1. The molecule has 0 aliphatic carbocycles. The predicted octanol–water partition coefficient (Wildman–Crippen LogP) is 4.08. The third-order valence-corrected chi connectivity index (χ3v) is 3.95. The van der Waals surface area contributed by atoms with Gasteiger partial charge >= 0.3 is 0 Å². The van der Waals surface area contributed by atoms with Crippen LogP contribution in [0.1, 0.15) is 38.8 Å². The van der Waals surface area contributed by atoms with Crippen LogP contribution in [-0.2, 0) is 0 Å². The van der Waals surface area contributed by atoms with Crippen molar-refractivity contribution in [2.45, 2.75) is 33.2 Å². The third kappa shape index (κ3) is 6.07. The van der Waals surface area contributed by atoms with Crippen LogP contribution in [-0.4, -0.2) is 31.6 Å². The van der Waals surface area contributed by atoms with Gasteiger partial charge in [0.2, 0.25) is 0 Å². The van der Waals surface area contributed by atoms with Crippen LogP contribution in [0, 0.1) is 5.92 Å². The van der Waals surface area contributed by atoms with Crippen molar-refractivity contribution in [3.05, 3.63) is 34.3 Å². The number of benzene rings is 1. The summed E-state index contributed by atoms with van der Waals surface area (Å²) in [4.78, 5) is 2.54. The lowest BCUT2D eigenvalue weighted by atomic mass is 10.0. The van der Waals surface area contributed by atoms with Gasteiger partial charge in [-0.2, -0.15) is 0 Å². The van der Waals surface area contributed by atoms with Crippen LogP contribution in [0.15, 0.2) is 28.7 Å². The smallest absolute Gasteiger partial charge is 0.0329 e. The van der Waals surface area contributed by atoms with Crippen LogP contribution in [0.2, 0.25) is 0 Å². The van der Waals surface area contributed by atoms with Crippen molar-refractivity contribution >= 4 is 15.9 Å². The molecule has 1 atom stereocenters. The average molecular weight is 327 g/mol. The van der Waals surface area contributed by atoms with Crippen LogP contribution in [0.25, 0.3) is 0 Å². The summed E-state index contributed by atoms with van der Waals surface area (Å²) in [5, 5.41) is 3.43. The first kappa shape index (κ1) is 16.7. The van der Waals surface area contributed by atoms with E-state index in [1.165, 1.54) is 12.1 Å². The molecule has 0 aliphatic rings. The molecule has 0 amide bonds. The van der Waals surface area contributed by atoms with Crippen LogP contribution in [0.3, 0.4) is 0 Å². The van der Waals surface area contributed by atoms with E-state index in [1.807, 2.05) is 7.05 Å². The number of hydrogen-bond acceptors (Lipinski definition) is 2. The second-order valence-electron chi connectivity index (χ2n) is 5.47. The van der Waals surface area contributed by atoms with Gasteiger partial charge in [-0.1, -0.05) is 48.8 Å². The molecular weight excluding hydrogens is 300 g/mol. The molecule has 108 valence electrons. The van der Waals surface area contributed by atoms with E-state index in [2.05, 4.69) is 71.2 Å². The lowest BCUT2D eigenvalue weighted by Gasteiger charge is -2.25. The molecule has 1 unspecified atom stereocenters. The van der Waals surface area contributed by atoms with Gasteiger partial charge in [-0.3, -0.25) is 0 Å². The molecule has 0 aromatic heterocycles. The molecule has 1 N–H and O–H groups in total. The maximum atomic E-state index is 3.49. The van der Waals surface area contributed by atoms with Gasteiger partial charge in [0.15, 0.2) is 0 Å². The predicted molar refractivity (Wildman–Crippen MR) is 87.5 cm³/mol. The van der Waals surface area contributed by atoms with Crippen molar-refractivity contribution in [1.82, 2.24) is 10.2 Å². The zero-order valence-electron chi connectivity index (χ0n) is 12.6. The van der Waals surface area contributed by atoms with E-state index >= 15 is 0 Å². The summed E-state index contributed by atoms with van der Waals surface area (Å²) >= 11 is 3.49. The molecule has 1 aromatic carbocycles. The monoisotopic (exact) mass is 326 g/mol. The zero-order valence-corrected chi connectivity index (χ0v) is 14.2. The summed E-state index contributed by atoms with van der Waals surface area (Å²) in [6.45, 7) is 10.3. The molecule has 0 saturated heterocycles. The fourth-order valence-corrected chi connectivity index (χ4v) is 2.64. The fraction of sp³-hybridized carbons (Fsp3) is 0.625. The van der Waals surface area contributed by atoms with Crippen molar-refractivity contribution in [3.8, 4) is 0 Å². The number of hydrogen-bond donors (Lipinski definition) is 1. The Morgan fingerprint density at radius 3 is 2.32 bits per heavy atom. The second-order valence-corrected chi connectivity index (χ2v) is 6.38. The van der Waals surface area contributed by atoms with E-state index in [9.17, 15) is 0 Å². The Morgan fingerprint density at radius 2 is 1.84 bits per heavy atom. The highest BCUT2D eigenvalue weighted by atomic mass is 79.9. The number of nitrogens with zero attached hydrogens (tertiary/aromatic N) is 1. The fourth-order valence-electron chi connectivity index (χ4n) is 2.38. The Bertz CT molecular complexity index is 348. The Balaban J connectivity index is 2.54. The minimum Gasteiger partial charge on any atom is -0.313 e. The first-order valence-electron chi connectivity index (χ1n) is 7.21. The summed E-state index contributed by atoms with van der Waals surface area (Å²) < 4.78 is 1.14. The highest BCUT2D eigenvalue weighted by Gasteiger charge is 2.12. The van der Waals surface area contributed by atoms with Gasteiger partial charge < -0.3 is 10.2 Å². The lowest BCUT2D eigenvalue weighted by molar-refractivity contribution is 0.243. The van der Waals surface area contributed by atoms with E-state index in [1.54, 1.807) is 0 Å². The van der Waals surface area contributed by atoms with Gasteiger partial charge in [-0.25, -0.2) is 0 Å². The van der Waals surface area contributed by atoms with Gasteiger partial charge in [0, 0.05) is 17.1 Å². The molecule has 2 nitrogen and oxygen atoms in total. The van der Waals surface area contributed by atoms with Gasteiger partial charge in [-0.05, 0) is 50.2 Å². The molecule has 0 bridgehead atoms. The van der Waals surface area contributed by atoms with E-state index in [4.69, 9.17) is 0 Å². The molecule has 3 heteroatoms. The molecule has 0 spiro atoms. The quantitative estimate of drug-likeness (QED) is 0.774. The van der Waals surface area contributed by atoms with Crippen LogP contribution in [0.4, 0.5) is 0 Å². The highest BCUT2D eigenvalue weighted by molar-refractivity contribution is 9.10. The molecule has 0 radical (unpaired) electrons. The number of nitrogens with one attached hydrogen (secondary N) is 1. The number of rotatable bonds is 8. The van der Waals surface area contributed by atoms with Gasteiger partial charge in [0.25, 0.3) is 0 Å². The summed E-state index contributed by atoms with van der Waals surface area (Å²) in [5.41, 5.74) is 1.37. The molecule has 0 aliphatic heterocycles. The van der Waals surface area contributed by atoms with Gasteiger partial charge in [0.05, 0.1) is 0 Å². The molecule has 0 saturated carbocycles. The summed E-state index contributed by atoms with van der Waals surface area (Å²) in [5.74, 6) is 0.737. The molecule has 19 heavy (non-hydrogen) atoms. The topological polar surface area (TPSA) is 15.3 Å². The van der Waals surface area contributed by atoms with Gasteiger partial charge in [0.1, 0.15) is 0 Å². The lowest BCUT2D eigenvalue weighted by Crippen LogP contribution is -2.31. The van der Waals surface area contributed by atoms with Crippen molar-refractivity contribution in [2.75, 3.05) is 26.7 Å².